The summed E-state index contributed by atoms with van der Waals surface area (Å²) in [6, 6.07) is 0.711. The zero-order chi connectivity index (χ0) is 11.4. The van der Waals surface area contributed by atoms with Crippen LogP contribution in [0.25, 0.3) is 0 Å². The molecule has 2 heteroatoms. The summed E-state index contributed by atoms with van der Waals surface area (Å²) in [5, 5.41) is 3.74. The van der Waals surface area contributed by atoms with Crippen molar-refractivity contribution in [3.05, 3.63) is 0 Å². The Labute approximate surface area is 100 Å². The van der Waals surface area contributed by atoms with Gasteiger partial charge >= 0.3 is 0 Å². The van der Waals surface area contributed by atoms with Gasteiger partial charge in [0.05, 0.1) is 6.61 Å². The Kier molecular flexibility index (Phi) is 4.66. The molecule has 0 aromatic heterocycles. The minimum atomic E-state index is 0.711. The molecule has 1 saturated heterocycles. The van der Waals surface area contributed by atoms with Crippen molar-refractivity contribution in [2.75, 3.05) is 19.8 Å². The Bertz CT molecular complexity index is 201. The van der Waals surface area contributed by atoms with Crippen molar-refractivity contribution in [2.24, 2.45) is 17.8 Å². The van der Waals surface area contributed by atoms with Crippen LogP contribution in [0.3, 0.4) is 0 Å². The summed E-state index contributed by atoms with van der Waals surface area (Å²) in [6.07, 6.45) is 6.91. The fourth-order valence-corrected chi connectivity index (χ4v) is 3.66. The lowest BCUT2D eigenvalue weighted by molar-refractivity contribution is 0.0256. The second kappa shape index (κ2) is 6.02. The minimum absolute atomic E-state index is 0.711. The van der Waals surface area contributed by atoms with E-state index >= 15 is 0 Å². The van der Waals surface area contributed by atoms with E-state index in [9.17, 15) is 0 Å². The van der Waals surface area contributed by atoms with Crippen molar-refractivity contribution < 1.29 is 4.74 Å². The SMILES string of the molecule is CCNC(C1CCCOC1)C1CCCC1C. The van der Waals surface area contributed by atoms with Gasteiger partial charge < -0.3 is 10.1 Å². The Hall–Kier alpha value is -0.0800. The van der Waals surface area contributed by atoms with Crippen molar-refractivity contribution >= 4 is 0 Å². The molecule has 94 valence electrons. The molecule has 0 aromatic rings. The largest absolute Gasteiger partial charge is 0.381 e. The van der Waals surface area contributed by atoms with Crippen molar-refractivity contribution in [2.45, 2.75) is 52.0 Å². The number of ether oxygens (including phenoxy) is 1. The first-order chi connectivity index (χ1) is 7.83. The monoisotopic (exact) mass is 225 g/mol. The molecule has 0 amide bonds. The predicted octanol–water partition coefficient (Wildman–Crippen LogP) is 2.83. The van der Waals surface area contributed by atoms with Crippen LogP contribution in [0.4, 0.5) is 0 Å². The molecular formula is C14H27NO. The standard InChI is InChI=1S/C14H27NO/c1-3-15-14(12-7-5-9-16-10-12)13-8-4-6-11(13)2/h11-15H,3-10H2,1-2H3. The molecule has 1 saturated carbocycles. The quantitative estimate of drug-likeness (QED) is 0.794. The van der Waals surface area contributed by atoms with E-state index in [1.165, 1.54) is 32.1 Å². The highest BCUT2D eigenvalue weighted by molar-refractivity contribution is 4.89. The van der Waals surface area contributed by atoms with E-state index < -0.39 is 0 Å². The molecule has 4 unspecified atom stereocenters. The molecule has 0 spiro atoms. The molecule has 2 fully saturated rings. The van der Waals surface area contributed by atoms with Crippen molar-refractivity contribution in [3.8, 4) is 0 Å². The van der Waals surface area contributed by atoms with Gasteiger partial charge in [0.2, 0.25) is 0 Å². The molecule has 1 aliphatic heterocycles. The highest BCUT2D eigenvalue weighted by atomic mass is 16.5. The average Bonchev–Trinajstić information content (AvgIpc) is 2.73. The summed E-state index contributed by atoms with van der Waals surface area (Å²) in [4.78, 5) is 0. The van der Waals surface area contributed by atoms with E-state index in [0.29, 0.717) is 6.04 Å². The summed E-state index contributed by atoms with van der Waals surface area (Å²) in [6.45, 7) is 7.74. The van der Waals surface area contributed by atoms with Crippen molar-refractivity contribution in [3.63, 3.8) is 0 Å². The zero-order valence-corrected chi connectivity index (χ0v) is 10.9. The predicted molar refractivity (Wildman–Crippen MR) is 67.5 cm³/mol. The third-order valence-electron chi connectivity index (χ3n) is 4.53. The summed E-state index contributed by atoms with van der Waals surface area (Å²) >= 11 is 0. The van der Waals surface area contributed by atoms with Gasteiger partial charge in [-0.25, -0.2) is 0 Å². The van der Waals surface area contributed by atoms with E-state index in [0.717, 1.165) is 37.5 Å². The maximum Gasteiger partial charge on any atom is 0.0509 e. The summed E-state index contributed by atoms with van der Waals surface area (Å²) in [7, 11) is 0. The van der Waals surface area contributed by atoms with Gasteiger partial charge in [0.1, 0.15) is 0 Å². The average molecular weight is 225 g/mol. The smallest absolute Gasteiger partial charge is 0.0509 e. The molecule has 2 rings (SSSR count). The summed E-state index contributed by atoms with van der Waals surface area (Å²) in [5.41, 5.74) is 0. The van der Waals surface area contributed by atoms with E-state index in [1.807, 2.05) is 0 Å². The molecule has 0 bridgehead atoms. The molecule has 0 radical (unpaired) electrons. The highest BCUT2D eigenvalue weighted by Gasteiger charge is 2.35. The molecule has 1 N–H and O–H groups in total. The van der Waals surface area contributed by atoms with Gasteiger partial charge in [0.25, 0.3) is 0 Å². The highest BCUT2D eigenvalue weighted by Crippen LogP contribution is 2.37. The fourth-order valence-electron chi connectivity index (χ4n) is 3.66. The van der Waals surface area contributed by atoms with Crippen LogP contribution in [-0.4, -0.2) is 25.8 Å². The van der Waals surface area contributed by atoms with E-state index in [4.69, 9.17) is 4.74 Å². The maximum atomic E-state index is 5.66. The van der Waals surface area contributed by atoms with Gasteiger partial charge in [-0.2, -0.15) is 0 Å². The summed E-state index contributed by atoms with van der Waals surface area (Å²) in [5.74, 6) is 2.57. The van der Waals surface area contributed by atoms with Gasteiger partial charge in [-0.05, 0) is 43.6 Å². The van der Waals surface area contributed by atoms with Crippen molar-refractivity contribution in [1.82, 2.24) is 5.32 Å². The van der Waals surface area contributed by atoms with Crippen LogP contribution < -0.4 is 5.32 Å². The minimum Gasteiger partial charge on any atom is -0.381 e. The molecule has 2 aliphatic rings. The zero-order valence-electron chi connectivity index (χ0n) is 10.9. The Morgan fingerprint density at radius 1 is 1.25 bits per heavy atom. The Balaban J connectivity index is 1.97. The lowest BCUT2D eigenvalue weighted by Gasteiger charge is -2.36. The van der Waals surface area contributed by atoms with Gasteiger partial charge in [0.15, 0.2) is 0 Å². The topological polar surface area (TPSA) is 21.3 Å². The number of rotatable bonds is 4. The van der Waals surface area contributed by atoms with E-state index in [2.05, 4.69) is 19.2 Å². The molecule has 0 aromatic carbocycles. The van der Waals surface area contributed by atoms with E-state index in [-0.39, 0.29) is 0 Å². The van der Waals surface area contributed by atoms with Crippen LogP contribution in [0.5, 0.6) is 0 Å². The Morgan fingerprint density at radius 3 is 2.69 bits per heavy atom. The van der Waals surface area contributed by atoms with Crippen LogP contribution in [0.1, 0.15) is 46.0 Å². The van der Waals surface area contributed by atoms with Crippen LogP contribution in [0.15, 0.2) is 0 Å². The Morgan fingerprint density at radius 2 is 2.12 bits per heavy atom. The molecule has 2 nitrogen and oxygen atoms in total. The fraction of sp³-hybridized carbons (Fsp3) is 1.00. The van der Waals surface area contributed by atoms with Gasteiger partial charge in [-0.3, -0.25) is 0 Å². The number of nitrogens with one attached hydrogen (secondary N) is 1. The van der Waals surface area contributed by atoms with Gasteiger partial charge in [-0.1, -0.05) is 26.7 Å². The van der Waals surface area contributed by atoms with Crippen LogP contribution in [0, 0.1) is 17.8 Å². The van der Waals surface area contributed by atoms with Crippen LogP contribution in [0.2, 0.25) is 0 Å². The normalized spacial score (nSPS) is 37.5. The lowest BCUT2D eigenvalue weighted by Crippen LogP contribution is -2.46. The van der Waals surface area contributed by atoms with Crippen molar-refractivity contribution in [1.29, 1.82) is 0 Å². The van der Waals surface area contributed by atoms with Gasteiger partial charge in [-0.15, -0.1) is 0 Å². The second-order valence-corrected chi connectivity index (χ2v) is 5.63. The number of hydrogen-bond acceptors (Lipinski definition) is 2. The molecule has 4 atom stereocenters. The molecular weight excluding hydrogens is 198 g/mol. The van der Waals surface area contributed by atoms with E-state index in [1.54, 1.807) is 0 Å². The summed E-state index contributed by atoms with van der Waals surface area (Å²) < 4.78 is 5.66. The first-order valence-corrected chi connectivity index (χ1v) is 7.14. The first kappa shape index (κ1) is 12.4. The van der Waals surface area contributed by atoms with Gasteiger partial charge in [0, 0.05) is 12.6 Å². The first-order valence-electron chi connectivity index (χ1n) is 7.14. The lowest BCUT2D eigenvalue weighted by atomic mass is 9.80. The van der Waals surface area contributed by atoms with Crippen LogP contribution in [-0.2, 0) is 4.74 Å². The number of hydrogen-bond donors (Lipinski definition) is 1. The third kappa shape index (κ3) is 2.78. The molecule has 1 aliphatic carbocycles. The maximum absolute atomic E-state index is 5.66. The molecule has 16 heavy (non-hydrogen) atoms. The second-order valence-electron chi connectivity index (χ2n) is 5.63. The molecule has 1 heterocycles. The third-order valence-corrected chi connectivity index (χ3v) is 4.53. The van der Waals surface area contributed by atoms with Crippen LogP contribution >= 0.6 is 0 Å².